The molecule has 17 heavy (non-hydrogen) atoms. The summed E-state index contributed by atoms with van der Waals surface area (Å²) < 4.78 is 4.57. The van der Waals surface area contributed by atoms with Crippen LogP contribution in [0.15, 0.2) is 6.20 Å². The summed E-state index contributed by atoms with van der Waals surface area (Å²) in [7, 11) is 1.30. The summed E-state index contributed by atoms with van der Waals surface area (Å²) in [6.07, 6.45) is 2.51. The van der Waals surface area contributed by atoms with E-state index in [0.717, 1.165) is 6.42 Å². The van der Waals surface area contributed by atoms with Crippen molar-refractivity contribution in [3.8, 4) is 0 Å². The van der Waals surface area contributed by atoms with Crippen molar-refractivity contribution in [2.45, 2.75) is 31.3 Å². The van der Waals surface area contributed by atoms with E-state index in [2.05, 4.69) is 28.6 Å². The Hall–Kier alpha value is -1.30. The van der Waals surface area contributed by atoms with E-state index in [0.29, 0.717) is 16.8 Å². The quantitative estimate of drug-likeness (QED) is 0.809. The topological polar surface area (TPSA) is 78.1 Å². The number of carbonyl (C=O) groups is 1. The summed E-state index contributed by atoms with van der Waals surface area (Å²) in [6, 6.07) is 0. The number of ether oxygens (including phenoxy) is 1. The predicted octanol–water partition coefficient (Wildman–Crippen LogP) is 1.88. The number of nitrogens with two attached hydrogens (primary N) is 1. The Bertz CT molecular complexity index is 398. The number of thioether (sulfide) groups is 1. The van der Waals surface area contributed by atoms with Crippen LogP contribution in [0, 0.1) is 0 Å². The van der Waals surface area contributed by atoms with Crippen LogP contribution in [0.2, 0.25) is 0 Å². The molecule has 1 rings (SSSR count). The SMILES string of the molecule is CCC(C)SCc1ncc(C(=O)OC)c(N)n1. The van der Waals surface area contributed by atoms with Gasteiger partial charge in [0.1, 0.15) is 17.2 Å². The molecule has 0 amide bonds. The number of nitrogens with zero attached hydrogens (tertiary/aromatic N) is 2. The van der Waals surface area contributed by atoms with Gasteiger partial charge in [-0.15, -0.1) is 0 Å². The molecular weight excluding hydrogens is 238 g/mol. The Morgan fingerprint density at radius 3 is 2.88 bits per heavy atom. The average Bonchev–Trinajstić information content (AvgIpc) is 2.35. The highest BCUT2D eigenvalue weighted by molar-refractivity contribution is 7.99. The second kappa shape index (κ2) is 6.44. The summed E-state index contributed by atoms with van der Waals surface area (Å²) in [6.45, 7) is 4.28. The van der Waals surface area contributed by atoms with E-state index in [-0.39, 0.29) is 11.4 Å². The van der Waals surface area contributed by atoms with Gasteiger partial charge in [0.05, 0.1) is 12.9 Å². The lowest BCUT2D eigenvalue weighted by Crippen LogP contribution is -2.10. The molecule has 0 bridgehead atoms. The highest BCUT2D eigenvalue weighted by atomic mass is 32.2. The van der Waals surface area contributed by atoms with E-state index < -0.39 is 5.97 Å². The molecule has 1 heterocycles. The first-order valence-corrected chi connectivity index (χ1v) is 6.44. The zero-order valence-corrected chi connectivity index (χ0v) is 11.1. The maximum Gasteiger partial charge on any atom is 0.343 e. The third-order valence-corrected chi connectivity index (χ3v) is 3.67. The zero-order valence-electron chi connectivity index (χ0n) is 10.3. The lowest BCUT2D eigenvalue weighted by molar-refractivity contribution is 0.0601. The minimum atomic E-state index is -0.511. The summed E-state index contributed by atoms with van der Waals surface area (Å²) in [5.41, 5.74) is 5.89. The van der Waals surface area contributed by atoms with E-state index in [1.165, 1.54) is 13.3 Å². The van der Waals surface area contributed by atoms with Gasteiger partial charge in [0.25, 0.3) is 0 Å². The molecule has 1 aromatic rings. The van der Waals surface area contributed by atoms with Gasteiger partial charge >= 0.3 is 5.97 Å². The van der Waals surface area contributed by atoms with E-state index in [1.54, 1.807) is 11.8 Å². The fourth-order valence-electron chi connectivity index (χ4n) is 1.10. The molecule has 0 saturated heterocycles. The first kappa shape index (κ1) is 13.8. The minimum Gasteiger partial charge on any atom is -0.465 e. The Morgan fingerprint density at radius 1 is 1.65 bits per heavy atom. The van der Waals surface area contributed by atoms with Gasteiger partial charge in [-0.1, -0.05) is 13.8 Å². The van der Waals surface area contributed by atoms with Crippen molar-refractivity contribution in [2.75, 3.05) is 12.8 Å². The molecule has 5 nitrogen and oxygen atoms in total. The van der Waals surface area contributed by atoms with Gasteiger partial charge in [-0.25, -0.2) is 14.8 Å². The highest BCUT2D eigenvalue weighted by Gasteiger charge is 2.13. The number of nitrogen functional groups attached to an aromatic ring is 1. The molecular formula is C11H17N3O2S. The molecule has 6 heteroatoms. The molecule has 0 fully saturated rings. The summed E-state index contributed by atoms with van der Waals surface area (Å²) in [5, 5.41) is 0.556. The van der Waals surface area contributed by atoms with Gasteiger partial charge in [0.15, 0.2) is 0 Å². The zero-order chi connectivity index (χ0) is 12.8. The number of methoxy groups -OCH3 is 1. The van der Waals surface area contributed by atoms with Crippen molar-refractivity contribution in [3.63, 3.8) is 0 Å². The Morgan fingerprint density at radius 2 is 2.35 bits per heavy atom. The number of carbonyl (C=O) groups excluding carboxylic acids is 1. The molecule has 0 aromatic carbocycles. The second-order valence-corrected chi connectivity index (χ2v) is 5.03. The van der Waals surface area contributed by atoms with Crippen molar-refractivity contribution in [3.05, 3.63) is 17.6 Å². The number of anilines is 1. The normalized spacial score (nSPS) is 12.2. The van der Waals surface area contributed by atoms with Crippen LogP contribution in [0.25, 0.3) is 0 Å². The van der Waals surface area contributed by atoms with E-state index in [9.17, 15) is 4.79 Å². The minimum absolute atomic E-state index is 0.173. The average molecular weight is 255 g/mol. The van der Waals surface area contributed by atoms with Gasteiger partial charge in [0, 0.05) is 11.4 Å². The maximum atomic E-state index is 11.3. The molecule has 2 N–H and O–H groups in total. The van der Waals surface area contributed by atoms with Crippen LogP contribution < -0.4 is 5.73 Å². The maximum absolute atomic E-state index is 11.3. The number of aromatic nitrogens is 2. The van der Waals surface area contributed by atoms with Crippen LogP contribution in [-0.2, 0) is 10.5 Å². The standard InChI is InChI=1S/C11H17N3O2S/c1-4-7(2)17-6-9-13-5-8(10(12)14-9)11(15)16-3/h5,7H,4,6H2,1-3H3,(H2,12,13,14). The summed E-state index contributed by atoms with van der Waals surface area (Å²) in [5.74, 6) is 0.997. The molecule has 0 saturated carbocycles. The van der Waals surface area contributed by atoms with Crippen LogP contribution >= 0.6 is 11.8 Å². The van der Waals surface area contributed by atoms with Crippen LogP contribution in [0.5, 0.6) is 0 Å². The fraction of sp³-hybridized carbons (Fsp3) is 0.545. The third kappa shape index (κ3) is 3.89. The van der Waals surface area contributed by atoms with E-state index in [1.807, 2.05) is 0 Å². The molecule has 1 aromatic heterocycles. The number of hydrogen-bond donors (Lipinski definition) is 1. The number of esters is 1. The van der Waals surface area contributed by atoms with Gasteiger partial charge in [0.2, 0.25) is 0 Å². The van der Waals surface area contributed by atoms with Crippen LogP contribution in [0.4, 0.5) is 5.82 Å². The lowest BCUT2D eigenvalue weighted by Gasteiger charge is -2.08. The van der Waals surface area contributed by atoms with Gasteiger partial charge < -0.3 is 10.5 Å². The van der Waals surface area contributed by atoms with Gasteiger partial charge in [-0.05, 0) is 6.42 Å². The van der Waals surface area contributed by atoms with Crippen LogP contribution in [0.3, 0.4) is 0 Å². The van der Waals surface area contributed by atoms with Crippen molar-refractivity contribution < 1.29 is 9.53 Å². The summed E-state index contributed by atoms with van der Waals surface area (Å²) >= 11 is 1.76. The van der Waals surface area contributed by atoms with E-state index in [4.69, 9.17) is 5.73 Å². The van der Waals surface area contributed by atoms with Crippen LogP contribution in [-0.4, -0.2) is 28.3 Å². The molecule has 0 aliphatic rings. The van der Waals surface area contributed by atoms with Crippen molar-refractivity contribution >= 4 is 23.5 Å². The number of hydrogen-bond acceptors (Lipinski definition) is 6. The van der Waals surface area contributed by atoms with Crippen molar-refractivity contribution in [1.82, 2.24) is 9.97 Å². The second-order valence-electron chi connectivity index (χ2n) is 3.61. The lowest BCUT2D eigenvalue weighted by atomic mass is 10.3. The third-order valence-electron chi connectivity index (χ3n) is 2.35. The van der Waals surface area contributed by atoms with Gasteiger partial charge in [-0.3, -0.25) is 0 Å². The first-order chi connectivity index (χ1) is 8.08. The molecule has 0 spiro atoms. The predicted molar refractivity (Wildman–Crippen MR) is 68.8 cm³/mol. The van der Waals surface area contributed by atoms with Crippen molar-refractivity contribution in [2.24, 2.45) is 0 Å². The molecule has 94 valence electrons. The number of rotatable bonds is 5. The Balaban J connectivity index is 2.72. The van der Waals surface area contributed by atoms with E-state index >= 15 is 0 Å². The smallest absolute Gasteiger partial charge is 0.343 e. The Kier molecular flexibility index (Phi) is 5.21. The van der Waals surface area contributed by atoms with Crippen LogP contribution in [0.1, 0.15) is 36.5 Å². The molecule has 0 aliphatic heterocycles. The molecule has 1 unspecified atom stereocenters. The van der Waals surface area contributed by atoms with Crippen molar-refractivity contribution in [1.29, 1.82) is 0 Å². The molecule has 1 atom stereocenters. The van der Waals surface area contributed by atoms with Gasteiger partial charge in [-0.2, -0.15) is 11.8 Å². The first-order valence-electron chi connectivity index (χ1n) is 5.39. The Labute approximate surface area is 105 Å². The monoisotopic (exact) mass is 255 g/mol. The largest absolute Gasteiger partial charge is 0.465 e. The highest BCUT2D eigenvalue weighted by Crippen LogP contribution is 2.18. The molecule has 0 radical (unpaired) electrons. The summed E-state index contributed by atoms with van der Waals surface area (Å²) in [4.78, 5) is 19.5. The fourth-order valence-corrected chi connectivity index (χ4v) is 1.91. The molecule has 0 aliphatic carbocycles.